The van der Waals surface area contributed by atoms with E-state index in [4.69, 9.17) is 28.8 Å². The minimum atomic E-state index is -3.35. The van der Waals surface area contributed by atoms with Gasteiger partial charge in [-0.05, 0) is 121 Å². The van der Waals surface area contributed by atoms with Crippen LogP contribution in [0.1, 0.15) is 47.9 Å². The van der Waals surface area contributed by atoms with E-state index in [0.717, 1.165) is 64.2 Å². The van der Waals surface area contributed by atoms with Crippen molar-refractivity contribution < 1.29 is 47.2 Å². The van der Waals surface area contributed by atoms with Gasteiger partial charge >= 0.3 is 0 Å². The molecular formula is C68H77BFO9S. The van der Waals surface area contributed by atoms with Crippen molar-refractivity contribution in [3.05, 3.63) is 225 Å². The van der Waals surface area contributed by atoms with Crippen LogP contribution in [-0.4, -0.2) is 81.1 Å². The molecule has 0 spiro atoms. The number of aliphatic hydroxyl groups excluding tert-OH is 1. The summed E-state index contributed by atoms with van der Waals surface area (Å²) in [6.07, 6.45) is 6.73. The third kappa shape index (κ3) is 23.2. The maximum absolute atomic E-state index is 11.9. The van der Waals surface area contributed by atoms with Gasteiger partial charge < -0.3 is 28.8 Å². The Hall–Kier alpha value is -7.90. The summed E-state index contributed by atoms with van der Waals surface area (Å²) in [7, 11) is -3.35. The summed E-state index contributed by atoms with van der Waals surface area (Å²) in [6, 6.07) is 71.0. The number of benzene rings is 10. The lowest BCUT2D eigenvalue weighted by molar-refractivity contribution is 0.233. The quantitative estimate of drug-likeness (QED) is 0.0325. The summed E-state index contributed by atoms with van der Waals surface area (Å²) in [4.78, 5) is 0. The highest BCUT2D eigenvalue weighted by Crippen LogP contribution is 2.25. The van der Waals surface area contributed by atoms with E-state index in [1.807, 2.05) is 140 Å². The minimum Gasteiger partial charge on any atom is -0.494 e. The zero-order chi connectivity index (χ0) is 55.1. The van der Waals surface area contributed by atoms with Gasteiger partial charge in [0.1, 0.15) is 35.4 Å². The number of unbranched alkanes of at least 4 members (excludes halogenated alkanes) is 1. The molecular weight excluding hydrogens is 1020 g/mol. The zero-order valence-electron chi connectivity index (χ0n) is 45.3. The second-order valence-corrected chi connectivity index (χ2v) is 19.5. The summed E-state index contributed by atoms with van der Waals surface area (Å²) in [6.45, 7) is 8.57. The van der Waals surface area contributed by atoms with Gasteiger partial charge in [-0.25, -0.2) is 0 Å². The topological polar surface area (TPSA) is 110 Å². The molecule has 10 aromatic carbocycles. The van der Waals surface area contributed by atoms with Crippen molar-refractivity contribution in [2.24, 2.45) is 0 Å². The summed E-state index contributed by atoms with van der Waals surface area (Å²) in [5.74, 6) is 4.31. The first kappa shape index (κ1) is 64.6. The smallest absolute Gasteiger partial charge is 0.264 e. The highest BCUT2D eigenvalue weighted by atomic mass is 32.2. The van der Waals surface area contributed by atoms with Crippen LogP contribution in [0.5, 0.6) is 28.7 Å². The lowest BCUT2D eigenvalue weighted by Gasteiger charge is -2.07. The average molecular weight is 1100 g/mol. The largest absolute Gasteiger partial charge is 0.494 e. The fourth-order valence-corrected chi connectivity index (χ4v) is 8.15. The van der Waals surface area contributed by atoms with Gasteiger partial charge in [0.25, 0.3) is 10.1 Å². The first-order chi connectivity index (χ1) is 38.1. The molecule has 9 nitrogen and oxygen atoms in total. The molecule has 10 aromatic rings. The van der Waals surface area contributed by atoms with Crippen molar-refractivity contribution in [1.29, 1.82) is 0 Å². The second-order valence-electron chi connectivity index (χ2n) is 17.9. The number of fused-ring (bicyclic) bond motifs is 5. The molecule has 3 radical (unpaired) electrons. The molecule has 0 heterocycles. The van der Waals surface area contributed by atoms with Crippen LogP contribution in [0.25, 0.3) is 53.9 Å². The summed E-state index contributed by atoms with van der Waals surface area (Å²) < 4.78 is 65.6. The number of hydrogen-bond donors (Lipinski definition) is 1. The van der Waals surface area contributed by atoms with Crippen molar-refractivity contribution in [3.8, 4) is 28.7 Å². The van der Waals surface area contributed by atoms with Gasteiger partial charge in [-0.2, -0.15) is 8.42 Å². The van der Waals surface area contributed by atoms with Gasteiger partial charge in [-0.15, -0.1) is 0 Å². The van der Waals surface area contributed by atoms with E-state index in [2.05, 4.69) is 90.5 Å². The molecule has 0 saturated carbocycles. The van der Waals surface area contributed by atoms with Crippen LogP contribution in [0.3, 0.4) is 0 Å². The normalized spacial score (nSPS) is 10.4. The molecule has 0 fully saturated rings. The third-order valence-electron chi connectivity index (χ3n) is 11.7. The highest BCUT2D eigenvalue weighted by molar-refractivity contribution is 7.85. The standard InChI is InChI=1S/C14H16O4S.C14H16O.C13H13FO.C13H14O2.C13H12O.CH4.B.H2/c1-19(15,16)18-10-4-9-17-14-8-7-12-5-2-3-6-13(12)11-14;1-2-3-10-15-14-9-8-12-6-4-5-7-13(12)11-14;2*14-8-3-9-15-13-7-6-11-4-1-2-5-12(11)10-13;1-2-9-14-13-8-7-11-5-3-4-6-12(11)10-13;;;/h2-3,5-8,11H,4,9-10H2,1H3;4-9,11H,2-3,10H2,1H3;1-2,4-7,10H,3,8-9H2;1-2,4-7,10,14H,3,8-9H2;2-8,10H,1,9H2;1H4;;1H/i;;;;;;;1+1. The first-order valence-electron chi connectivity index (χ1n) is 26.3. The van der Waals surface area contributed by atoms with E-state index in [1.165, 1.54) is 44.1 Å². The Morgan fingerprint density at radius 2 is 0.725 bits per heavy atom. The molecule has 0 atom stereocenters. The van der Waals surface area contributed by atoms with E-state index in [1.54, 1.807) is 6.08 Å². The van der Waals surface area contributed by atoms with Crippen LogP contribution in [0.2, 0.25) is 0 Å². The molecule has 0 unspecified atom stereocenters. The van der Waals surface area contributed by atoms with Crippen molar-refractivity contribution in [2.75, 3.05) is 59.2 Å². The summed E-state index contributed by atoms with van der Waals surface area (Å²) in [5.41, 5.74) is 0. The Balaban J connectivity index is 0.000000264. The number of halogens is 1. The predicted molar refractivity (Wildman–Crippen MR) is 335 cm³/mol. The molecule has 0 aliphatic rings. The van der Waals surface area contributed by atoms with Crippen molar-refractivity contribution in [2.45, 2.75) is 46.5 Å². The van der Waals surface area contributed by atoms with Crippen molar-refractivity contribution in [1.82, 2.24) is 0 Å². The molecule has 0 saturated heterocycles. The van der Waals surface area contributed by atoms with Gasteiger partial charge in [-0.3, -0.25) is 8.57 Å². The van der Waals surface area contributed by atoms with Crippen LogP contribution >= 0.6 is 0 Å². The molecule has 0 amide bonds. The first-order valence-corrected chi connectivity index (χ1v) is 28.2. The Kier molecular flexibility index (Phi) is 29.3. The van der Waals surface area contributed by atoms with Crippen molar-refractivity contribution >= 4 is 72.4 Å². The molecule has 80 heavy (non-hydrogen) atoms. The number of hydrogen-bond acceptors (Lipinski definition) is 9. The third-order valence-corrected chi connectivity index (χ3v) is 12.3. The average Bonchev–Trinajstić information content (AvgIpc) is 3.47. The van der Waals surface area contributed by atoms with E-state index in [9.17, 15) is 12.8 Å². The van der Waals surface area contributed by atoms with Crippen LogP contribution in [0.15, 0.2) is 225 Å². The van der Waals surface area contributed by atoms with E-state index in [0.29, 0.717) is 45.7 Å². The molecule has 12 heteroatoms. The summed E-state index contributed by atoms with van der Waals surface area (Å²) in [5, 5.41) is 20.6. The predicted octanol–water partition coefficient (Wildman–Crippen LogP) is 16.7. The summed E-state index contributed by atoms with van der Waals surface area (Å²) >= 11 is 0. The number of ether oxygens (including phenoxy) is 5. The van der Waals surface area contributed by atoms with Gasteiger partial charge in [0, 0.05) is 35.7 Å². The fraction of sp³-hybridized carbons (Fsp3) is 0.235. The monoisotopic (exact) mass is 1100 g/mol. The van der Waals surface area contributed by atoms with Gasteiger partial charge in [0.2, 0.25) is 0 Å². The minimum absolute atomic E-state index is 0. The van der Waals surface area contributed by atoms with Gasteiger partial charge in [-0.1, -0.05) is 185 Å². The maximum atomic E-state index is 11.9. The molecule has 1 N–H and O–H groups in total. The van der Waals surface area contributed by atoms with Crippen LogP contribution in [0, 0.1) is 0 Å². The molecule has 0 bridgehead atoms. The second kappa shape index (κ2) is 36.3. The lowest BCUT2D eigenvalue weighted by atomic mass is 10.1. The van der Waals surface area contributed by atoms with E-state index >= 15 is 0 Å². The van der Waals surface area contributed by atoms with E-state index in [-0.39, 0.29) is 37.2 Å². The Morgan fingerprint density at radius 3 is 1.01 bits per heavy atom. The molecule has 0 aliphatic heterocycles. The van der Waals surface area contributed by atoms with E-state index < -0.39 is 10.1 Å². The fourth-order valence-electron chi connectivity index (χ4n) is 7.73. The highest BCUT2D eigenvalue weighted by Gasteiger charge is 2.03. The lowest BCUT2D eigenvalue weighted by Crippen LogP contribution is -2.07. The maximum Gasteiger partial charge on any atom is 0.264 e. The molecule has 0 aliphatic carbocycles. The number of rotatable bonds is 21. The van der Waals surface area contributed by atoms with Gasteiger partial charge in [0.05, 0.1) is 46.0 Å². The van der Waals surface area contributed by atoms with Crippen molar-refractivity contribution in [3.63, 3.8) is 0 Å². The molecule has 10 rings (SSSR count). The molecule has 419 valence electrons. The zero-order valence-corrected chi connectivity index (χ0v) is 46.1. The Labute approximate surface area is 476 Å². The Morgan fingerprint density at radius 1 is 0.438 bits per heavy atom. The number of alkyl halides is 1. The number of aliphatic hydroxyl groups is 1. The van der Waals surface area contributed by atoms with Gasteiger partial charge in [0.15, 0.2) is 0 Å². The Bertz CT molecular complexity index is 3290. The van der Waals surface area contributed by atoms with Crippen LogP contribution in [0.4, 0.5) is 4.39 Å². The van der Waals surface area contributed by atoms with Crippen LogP contribution < -0.4 is 23.7 Å². The SMILES string of the molecule is C.C=CCOc1ccc2ccccc2c1.CCCCOc1ccc2ccccc2c1.CS(=O)(=O)OCCCOc1ccc2ccccc2c1.FCCCOc1ccc2ccccc2c1.OCCCOc1ccc2ccccc2c1.[2HH].[B]. The molecule has 0 aromatic heterocycles. The van der Waals surface area contributed by atoms with Crippen LogP contribution in [-0.2, 0) is 14.3 Å².